The maximum atomic E-state index is 5.13. The first kappa shape index (κ1) is 7.74. The van der Waals surface area contributed by atoms with Gasteiger partial charge in [0, 0.05) is 13.0 Å². The summed E-state index contributed by atoms with van der Waals surface area (Å²) in [6, 6.07) is 8.52. The lowest BCUT2D eigenvalue weighted by Gasteiger charge is -2.03. The highest BCUT2D eigenvalue weighted by atomic mass is 32.1. The summed E-state index contributed by atoms with van der Waals surface area (Å²) >= 11 is 5.13. The Labute approximate surface area is 77.8 Å². The van der Waals surface area contributed by atoms with Crippen molar-refractivity contribution in [3.05, 3.63) is 35.4 Å². The van der Waals surface area contributed by atoms with E-state index in [1.807, 2.05) is 0 Å². The molecule has 0 bridgehead atoms. The van der Waals surface area contributed by atoms with Gasteiger partial charge in [-0.1, -0.05) is 36.5 Å². The number of benzene rings is 1. The first-order chi connectivity index (χ1) is 5.86. The van der Waals surface area contributed by atoms with Gasteiger partial charge < -0.3 is 5.32 Å². The van der Waals surface area contributed by atoms with Crippen molar-refractivity contribution in [2.45, 2.75) is 19.4 Å². The van der Waals surface area contributed by atoms with Crippen LogP contribution in [-0.4, -0.2) is 4.99 Å². The second-order valence-corrected chi connectivity index (χ2v) is 3.54. The lowest BCUT2D eigenvalue weighted by atomic mass is 10.0. The molecule has 0 unspecified atom stereocenters. The maximum absolute atomic E-state index is 5.13. The lowest BCUT2D eigenvalue weighted by Crippen LogP contribution is -2.18. The van der Waals surface area contributed by atoms with Gasteiger partial charge in [-0.3, -0.25) is 0 Å². The van der Waals surface area contributed by atoms with Crippen molar-refractivity contribution in [3.8, 4) is 0 Å². The van der Waals surface area contributed by atoms with E-state index in [1.54, 1.807) is 0 Å². The summed E-state index contributed by atoms with van der Waals surface area (Å²) in [5, 5.41) is 3.23. The van der Waals surface area contributed by atoms with E-state index < -0.39 is 0 Å². The summed E-state index contributed by atoms with van der Waals surface area (Å²) in [5.41, 5.74) is 2.82. The first-order valence-corrected chi connectivity index (χ1v) is 4.60. The summed E-state index contributed by atoms with van der Waals surface area (Å²) in [5.74, 6) is 0. The molecule has 0 fully saturated rings. The molecule has 2 rings (SSSR count). The van der Waals surface area contributed by atoms with Crippen molar-refractivity contribution in [2.75, 3.05) is 0 Å². The van der Waals surface area contributed by atoms with Crippen LogP contribution in [0.4, 0.5) is 0 Å². The monoisotopic (exact) mass is 177 g/mol. The largest absolute Gasteiger partial charge is 0.376 e. The zero-order valence-electron chi connectivity index (χ0n) is 6.84. The van der Waals surface area contributed by atoms with Gasteiger partial charge in [0.15, 0.2) is 0 Å². The van der Waals surface area contributed by atoms with Crippen LogP contribution in [0, 0.1) is 0 Å². The van der Waals surface area contributed by atoms with Crippen LogP contribution in [0.3, 0.4) is 0 Å². The van der Waals surface area contributed by atoms with Gasteiger partial charge >= 0.3 is 0 Å². The third-order valence-corrected chi connectivity index (χ3v) is 2.56. The van der Waals surface area contributed by atoms with Crippen LogP contribution in [0.25, 0.3) is 0 Å². The van der Waals surface area contributed by atoms with Crippen LogP contribution in [-0.2, 0) is 13.0 Å². The van der Waals surface area contributed by atoms with Gasteiger partial charge in [0.2, 0.25) is 0 Å². The molecule has 1 nitrogen and oxygen atoms in total. The van der Waals surface area contributed by atoms with Crippen molar-refractivity contribution in [3.63, 3.8) is 0 Å². The lowest BCUT2D eigenvalue weighted by molar-refractivity contribution is 0.927. The number of fused-ring (bicyclic) bond motifs is 1. The van der Waals surface area contributed by atoms with Crippen LogP contribution in [0.15, 0.2) is 24.3 Å². The molecule has 0 aromatic heterocycles. The molecule has 0 amide bonds. The topological polar surface area (TPSA) is 12.0 Å². The number of rotatable bonds is 0. The van der Waals surface area contributed by atoms with Crippen molar-refractivity contribution >= 4 is 17.2 Å². The Balaban J connectivity index is 2.32. The molecule has 1 aromatic carbocycles. The van der Waals surface area contributed by atoms with E-state index in [4.69, 9.17) is 12.2 Å². The molecule has 1 aromatic rings. The number of hydrogen-bond donors (Lipinski definition) is 1. The Bertz CT molecular complexity index is 277. The van der Waals surface area contributed by atoms with Gasteiger partial charge in [0.25, 0.3) is 0 Å². The fraction of sp³-hybridized carbons (Fsp3) is 0.300. The fourth-order valence-electron chi connectivity index (χ4n) is 1.50. The molecule has 1 aliphatic heterocycles. The minimum atomic E-state index is 0.898. The van der Waals surface area contributed by atoms with Gasteiger partial charge in [-0.25, -0.2) is 0 Å². The molecule has 0 aliphatic carbocycles. The number of aryl methyl sites for hydroxylation is 1. The van der Waals surface area contributed by atoms with Gasteiger partial charge in [-0.15, -0.1) is 0 Å². The second kappa shape index (κ2) is 3.23. The van der Waals surface area contributed by atoms with Gasteiger partial charge in [-0.2, -0.15) is 0 Å². The predicted octanol–water partition coefficient (Wildman–Crippen LogP) is 2.05. The minimum absolute atomic E-state index is 0.898. The summed E-state index contributed by atoms with van der Waals surface area (Å²) in [6.45, 7) is 0.898. The van der Waals surface area contributed by atoms with Crippen molar-refractivity contribution < 1.29 is 0 Å². The Morgan fingerprint density at radius 3 is 2.67 bits per heavy atom. The van der Waals surface area contributed by atoms with E-state index >= 15 is 0 Å². The van der Waals surface area contributed by atoms with Crippen molar-refractivity contribution in [1.82, 2.24) is 5.32 Å². The molecule has 2 heteroatoms. The SMILES string of the molecule is S=C1CCc2ccccc2CN1. The summed E-state index contributed by atoms with van der Waals surface area (Å²) < 4.78 is 0. The number of hydrogen-bond acceptors (Lipinski definition) is 1. The minimum Gasteiger partial charge on any atom is -0.376 e. The fourth-order valence-corrected chi connectivity index (χ4v) is 1.68. The molecule has 0 saturated carbocycles. The molecule has 1 aliphatic rings. The van der Waals surface area contributed by atoms with Crippen LogP contribution in [0.5, 0.6) is 0 Å². The molecule has 0 atom stereocenters. The molecule has 62 valence electrons. The van der Waals surface area contributed by atoms with Crippen molar-refractivity contribution in [1.29, 1.82) is 0 Å². The molecule has 1 heterocycles. The molecule has 1 N–H and O–H groups in total. The molecule has 0 radical (unpaired) electrons. The molecular formula is C10H11NS. The molecule has 0 saturated heterocycles. The smallest absolute Gasteiger partial charge is 0.0759 e. The Hall–Kier alpha value is -0.890. The van der Waals surface area contributed by atoms with Crippen LogP contribution >= 0.6 is 12.2 Å². The van der Waals surface area contributed by atoms with Gasteiger partial charge in [-0.05, 0) is 17.5 Å². The van der Waals surface area contributed by atoms with Crippen LogP contribution in [0.1, 0.15) is 17.5 Å². The highest BCUT2D eigenvalue weighted by molar-refractivity contribution is 7.80. The van der Waals surface area contributed by atoms with E-state index in [0.717, 1.165) is 24.4 Å². The van der Waals surface area contributed by atoms with E-state index in [1.165, 1.54) is 11.1 Å². The highest BCUT2D eigenvalue weighted by Crippen LogP contribution is 2.14. The van der Waals surface area contributed by atoms with E-state index in [2.05, 4.69) is 29.6 Å². The third-order valence-electron chi connectivity index (χ3n) is 2.22. The molecular weight excluding hydrogens is 166 g/mol. The Morgan fingerprint density at radius 1 is 1.08 bits per heavy atom. The molecule has 0 spiro atoms. The second-order valence-electron chi connectivity index (χ2n) is 3.05. The molecule has 12 heavy (non-hydrogen) atoms. The average molecular weight is 177 g/mol. The van der Waals surface area contributed by atoms with E-state index in [0.29, 0.717) is 0 Å². The maximum Gasteiger partial charge on any atom is 0.0759 e. The Kier molecular flexibility index (Phi) is 2.09. The first-order valence-electron chi connectivity index (χ1n) is 4.20. The van der Waals surface area contributed by atoms with Gasteiger partial charge in [0.05, 0.1) is 4.99 Å². The highest BCUT2D eigenvalue weighted by Gasteiger charge is 2.07. The quantitative estimate of drug-likeness (QED) is 0.609. The summed E-state index contributed by atoms with van der Waals surface area (Å²) in [6.07, 6.45) is 2.08. The zero-order valence-corrected chi connectivity index (χ0v) is 7.66. The number of nitrogens with one attached hydrogen (secondary N) is 1. The summed E-state index contributed by atoms with van der Waals surface area (Å²) in [7, 11) is 0. The predicted molar refractivity (Wildman–Crippen MR) is 54.2 cm³/mol. The Morgan fingerprint density at radius 2 is 1.83 bits per heavy atom. The third kappa shape index (κ3) is 1.48. The number of thiocarbonyl (C=S) groups is 1. The average Bonchev–Trinajstić information content (AvgIpc) is 2.29. The zero-order chi connectivity index (χ0) is 8.39. The van der Waals surface area contributed by atoms with Gasteiger partial charge in [0.1, 0.15) is 0 Å². The van der Waals surface area contributed by atoms with Crippen LogP contribution < -0.4 is 5.32 Å². The standard InChI is InChI=1S/C10H11NS/c12-10-6-5-8-3-1-2-4-9(8)7-11-10/h1-4H,5-7H2,(H,11,12). The van der Waals surface area contributed by atoms with Crippen molar-refractivity contribution in [2.24, 2.45) is 0 Å². The van der Waals surface area contributed by atoms with E-state index in [9.17, 15) is 0 Å². The van der Waals surface area contributed by atoms with E-state index in [-0.39, 0.29) is 0 Å². The normalized spacial score (nSPS) is 16.2. The summed E-state index contributed by atoms with van der Waals surface area (Å²) in [4.78, 5) is 0.992. The van der Waals surface area contributed by atoms with Crippen LogP contribution in [0.2, 0.25) is 0 Å².